The number of hydrogen-bond acceptors (Lipinski definition) is 6. The van der Waals surface area contributed by atoms with E-state index in [0.717, 1.165) is 23.9 Å². The van der Waals surface area contributed by atoms with Gasteiger partial charge in [-0.05, 0) is 36.6 Å². The van der Waals surface area contributed by atoms with Gasteiger partial charge >= 0.3 is 0 Å². The van der Waals surface area contributed by atoms with E-state index in [0.29, 0.717) is 23.4 Å². The molecule has 0 aliphatic heterocycles. The van der Waals surface area contributed by atoms with Crippen LogP contribution in [0.15, 0.2) is 49.3 Å². The maximum atomic E-state index is 12.2. The molecule has 4 rings (SSSR count). The third kappa shape index (κ3) is 3.27. The lowest BCUT2D eigenvalue weighted by atomic mass is 10.1. The van der Waals surface area contributed by atoms with Gasteiger partial charge in [-0.15, -0.1) is 0 Å². The quantitative estimate of drug-likeness (QED) is 0.555. The van der Waals surface area contributed by atoms with Crippen LogP contribution in [0.3, 0.4) is 0 Å². The van der Waals surface area contributed by atoms with E-state index >= 15 is 0 Å². The fourth-order valence-electron chi connectivity index (χ4n) is 2.59. The van der Waals surface area contributed by atoms with Crippen molar-refractivity contribution in [3.8, 4) is 0 Å². The summed E-state index contributed by atoms with van der Waals surface area (Å²) < 4.78 is 1.64. The minimum absolute atomic E-state index is 0.114. The van der Waals surface area contributed by atoms with Crippen LogP contribution in [0.4, 0.5) is 0 Å². The number of amides is 1. The van der Waals surface area contributed by atoms with Crippen molar-refractivity contribution in [1.82, 2.24) is 34.9 Å². The maximum absolute atomic E-state index is 12.2. The first kappa shape index (κ1) is 15.1. The monoisotopic (exact) mass is 333 g/mol. The van der Waals surface area contributed by atoms with E-state index in [1.807, 2.05) is 6.20 Å². The average molecular weight is 333 g/mol. The molecule has 8 nitrogen and oxygen atoms in total. The van der Waals surface area contributed by atoms with Crippen LogP contribution in [0.25, 0.3) is 16.8 Å². The Morgan fingerprint density at radius 3 is 2.88 bits per heavy atom. The highest BCUT2D eigenvalue weighted by Crippen LogP contribution is 2.11. The van der Waals surface area contributed by atoms with Gasteiger partial charge in [0.2, 0.25) is 0 Å². The third-order valence-corrected chi connectivity index (χ3v) is 3.85. The molecule has 3 aromatic heterocycles. The summed E-state index contributed by atoms with van der Waals surface area (Å²) in [4.78, 5) is 28.9. The molecule has 4 aromatic rings. The molecule has 0 unspecified atom stereocenters. The second-order valence-electron chi connectivity index (χ2n) is 5.59. The molecule has 0 radical (unpaired) electrons. The molecule has 1 aromatic carbocycles. The second-order valence-corrected chi connectivity index (χ2v) is 5.59. The van der Waals surface area contributed by atoms with Crippen molar-refractivity contribution in [2.75, 3.05) is 6.54 Å². The molecule has 0 spiro atoms. The van der Waals surface area contributed by atoms with E-state index in [1.165, 1.54) is 6.33 Å². The van der Waals surface area contributed by atoms with E-state index in [-0.39, 0.29) is 5.91 Å². The molecule has 124 valence electrons. The number of benzene rings is 1. The number of fused-ring (bicyclic) bond motifs is 2. The lowest BCUT2D eigenvalue weighted by Crippen LogP contribution is -2.24. The average Bonchev–Trinajstić information content (AvgIpc) is 3.12. The molecule has 1 amide bonds. The minimum atomic E-state index is -0.114. The Labute approximate surface area is 143 Å². The summed E-state index contributed by atoms with van der Waals surface area (Å²) in [5.74, 6) is 0.467. The molecule has 0 atom stereocenters. The standard InChI is InChI=1S/C17H15N7O/c25-16(13-3-4-14-15(8-13)19-7-6-18-14)20-5-1-2-12-9-21-17-22-11-23-24(17)10-12/h3-4,6-11H,1-2,5H2,(H,20,25). The van der Waals surface area contributed by atoms with Crippen LogP contribution in [-0.4, -0.2) is 42.0 Å². The summed E-state index contributed by atoms with van der Waals surface area (Å²) in [6, 6.07) is 5.31. The topological polar surface area (TPSA) is 98.0 Å². The van der Waals surface area contributed by atoms with Gasteiger partial charge in [-0.2, -0.15) is 10.1 Å². The zero-order valence-corrected chi connectivity index (χ0v) is 13.3. The first-order chi connectivity index (χ1) is 12.3. The van der Waals surface area contributed by atoms with Gasteiger partial charge in [0.05, 0.1) is 11.0 Å². The molecule has 0 aliphatic rings. The second kappa shape index (κ2) is 6.60. The van der Waals surface area contributed by atoms with Crippen molar-refractivity contribution in [2.45, 2.75) is 12.8 Å². The summed E-state index contributed by atoms with van der Waals surface area (Å²) >= 11 is 0. The predicted molar refractivity (Wildman–Crippen MR) is 91.0 cm³/mol. The van der Waals surface area contributed by atoms with Gasteiger partial charge in [0.15, 0.2) is 0 Å². The molecule has 0 saturated heterocycles. The molecular weight excluding hydrogens is 318 g/mol. The van der Waals surface area contributed by atoms with Gasteiger partial charge in [0.25, 0.3) is 11.7 Å². The van der Waals surface area contributed by atoms with Crippen molar-refractivity contribution >= 4 is 22.7 Å². The molecule has 0 fully saturated rings. The van der Waals surface area contributed by atoms with E-state index < -0.39 is 0 Å². The number of aryl methyl sites for hydroxylation is 1. The molecular formula is C17H15N7O. The van der Waals surface area contributed by atoms with E-state index in [2.05, 4.69) is 30.4 Å². The zero-order valence-electron chi connectivity index (χ0n) is 13.3. The first-order valence-corrected chi connectivity index (χ1v) is 7.93. The zero-order chi connectivity index (χ0) is 17.1. The number of carbonyl (C=O) groups is 1. The summed E-state index contributed by atoms with van der Waals surface area (Å²) in [7, 11) is 0. The lowest BCUT2D eigenvalue weighted by molar-refractivity contribution is 0.0953. The minimum Gasteiger partial charge on any atom is -0.352 e. The van der Waals surface area contributed by atoms with Crippen molar-refractivity contribution in [3.63, 3.8) is 0 Å². The van der Waals surface area contributed by atoms with E-state index in [4.69, 9.17) is 0 Å². The summed E-state index contributed by atoms with van der Waals surface area (Å²) in [5.41, 5.74) is 3.12. The summed E-state index contributed by atoms with van der Waals surface area (Å²) in [5, 5.41) is 6.99. The van der Waals surface area contributed by atoms with Crippen LogP contribution >= 0.6 is 0 Å². The van der Waals surface area contributed by atoms with Gasteiger partial charge in [-0.25, -0.2) is 9.50 Å². The van der Waals surface area contributed by atoms with Crippen LogP contribution in [0.1, 0.15) is 22.3 Å². The Hall–Kier alpha value is -3.42. The number of carbonyl (C=O) groups excluding carboxylic acids is 1. The van der Waals surface area contributed by atoms with Gasteiger partial charge in [0, 0.05) is 36.9 Å². The molecule has 0 aliphatic carbocycles. The Morgan fingerprint density at radius 2 is 1.96 bits per heavy atom. The smallest absolute Gasteiger partial charge is 0.252 e. The SMILES string of the molecule is O=C(NCCCc1cnc2ncnn2c1)c1ccc2nccnc2c1. The van der Waals surface area contributed by atoms with Crippen LogP contribution < -0.4 is 5.32 Å². The largest absolute Gasteiger partial charge is 0.352 e. The van der Waals surface area contributed by atoms with Crippen LogP contribution in [0, 0.1) is 0 Å². The number of aromatic nitrogens is 6. The summed E-state index contributed by atoms with van der Waals surface area (Å²) in [6.07, 6.45) is 10.0. The highest BCUT2D eigenvalue weighted by molar-refractivity contribution is 5.97. The molecule has 3 heterocycles. The summed E-state index contributed by atoms with van der Waals surface area (Å²) in [6.45, 7) is 0.576. The molecule has 1 N–H and O–H groups in total. The van der Waals surface area contributed by atoms with Crippen LogP contribution in [-0.2, 0) is 6.42 Å². The van der Waals surface area contributed by atoms with Crippen molar-refractivity contribution < 1.29 is 4.79 Å². The Balaban J connectivity index is 1.33. The van der Waals surface area contributed by atoms with Gasteiger partial charge < -0.3 is 5.32 Å². The highest BCUT2D eigenvalue weighted by Gasteiger charge is 2.07. The van der Waals surface area contributed by atoms with Gasteiger partial charge in [-0.1, -0.05) is 0 Å². The van der Waals surface area contributed by atoms with Crippen molar-refractivity contribution in [2.24, 2.45) is 0 Å². The number of nitrogens with one attached hydrogen (secondary N) is 1. The Bertz CT molecular complexity index is 1040. The fraction of sp³-hybridized carbons (Fsp3) is 0.176. The normalized spacial score (nSPS) is 11.0. The Morgan fingerprint density at radius 1 is 1.08 bits per heavy atom. The van der Waals surface area contributed by atoms with Crippen LogP contribution in [0.5, 0.6) is 0 Å². The fourth-order valence-corrected chi connectivity index (χ4v) is 2.59. The maximum Gasteiger partial charge on any atom is 0.252 e. The molecule has 25 heavy (non-hydrogen) atoms. The number of nitrogens with zero attached hydrogens (tertiary/aromatic N) is 6. The number of hydrogen-bond donors (Lipinski definition) is 1. The third-order valence-electron chi connectivity index (χ3n) is 3.85. The van der Waals surface area contributed by atoms with Gasteiger partial charge in [0.1, 0.15) is 6.33 Å². The first-order valence-electron chi connectivity index (χ1n) is 7.93. The van der Waals surface area contributed by atoms with Crippen LogP contribution in [0.2, 0.25) is 0 Å². The molecule has 0 bridgehead atoms. The van der Waals surface area contributed by atoms with E-state index in [1.54, 1.807) is 41.3 Å². The van der Waals surface area contributed by atoms with Crippen molar-refractivity contribution in [3.05, 3.63) is 60.4 Å². The molecule has 8 heteroatoms. The lowest BCUT2D eigenvalue weighted by Gasteiger charge is -2.06. The van der Waals surface area contributed by atoms with Crippen molar-refractivity contribution in [1.29, 1.82) is 0 Å². The molecule has 0 saturated carbocycles. The highest BCUT2D eigenvalue weighted by atomic mass is 16.1. The predicted octanol–water partition coefficient (Wildman–Crippen LogP) is 1.43. The van der Waals surface area contributed by atoms with E-state index in [9.17, 15) is 4.79 Å². The Kier molecular flexibility index (Phi) is 3.99. The number of rotatable bonds is 5. The van der Waals surface area contributed by atoms with Gasteiger partial charge in [-0.3, -0.25) is 14.8 Å².